The summed E-state index contributed by atoms with van der Waals surface area (Å²) in [4.78, 5) is 19.5. The molecule has 0 atom stereocenters. The van der Waals surface area contributed by atoms with Crippen LogP contribution in [0.3, 0.4) is 0 Å². The molecule has 2 aromatic carbocycles. The summed E-state index contributed by atoms with van der Waals surface area (Å²) in [6.07, 6.45) is 1.63. The van der Waals surface area contributed by atoms with E-state index in [4.69, 9.17) is 9.84 Å². The number of anilines is 4. The summed E-state index contributed by atoms with van der Waals surface area (Å²) in [5.41, 5.74) is 2.82. The lowest BCUT2D eigenvalue weighted by molar-refractivity contribution is 0.0697. The van der Waals surface area contributed by atoms with Crippen molar-refractivity contribution in [2.24, 2.45) is 0 Å². The standard InChI is InChI=1S/C19H18N4O3/c1-12-3-8-16(26-2)15(11-12)22-19-20-10-9-17(23-19)21-14-6-4-13(5-7-14)18(24)25/h3-11H,1-2H3,(H,24,25)(H2,20,21,22,23). The van der Waals surface area contributed by atoms with Crippen LogP contribution in [0.1, 0.15) is 15.9 Å². The number of aromatic nitrogens is 2. The predicted molar refractivity (Wildman–Crippen MR) is 99.7 cm³/mol. The fourth-order valence-electron chi connectivity index (χ4n) is 2.37. The van der Waals surface area contributed by atoms with E-state index in [1.165, 1.54) is 12.1 Å². The number of nitrogens with zero attached hydrogens (tertiary/aromatic N) is 2. The first kappa shape index (κ1) is 17.2. The van der Waals surface area contributed by atoms with Crippen LogP contribution in [0.15, 0.2) is 54.7 Å². The number of ether oxygens (including phenoxy) is 1. The molecule has 1 heterocycles. The van der Waals surface area contributed by atoms with E-state index in [-0.39, 0.29) is 5.56 Å². The smallest absolute Gasteiger partial charge is 0.335 e. The van der Waals surface area contributed by atoms with E-state index in [1.807, 2.05) is 25.1 Å². The fraction of sp³-hybridized carbons (Fsp3) is 0.105. The minimum atomic E-state index is -0.961. The summed E-state index contributed by atoms with van der Waals surface area (Å²) >= 11 is 0. The van der Waals surface area contributed by atoms with Crippen molar-refractivity contribution < 1.29 is 14.6 Å². The van der Waals surface area contributed by atoms with Gasteiger partial charge in [0.15, 0.2) is 0 Å². The number of methoxy groups -OCH3 is 1. The van der Waals surface area contributed by atoms with Crippen LogP contribution >= 0.6 is 0 Å². The highest BCUT2D eigenvalue weighted by molar-refractivity contribution is 5.88. The Balaban J connectivity index is 1.78. The first-order valence-electron chi connectivity index (χ1n) is 7.90. The molecule has 26 heavy (non-hydrogen) atoms. The third-order valence-corrected chi connectivity index (χ3v) is 3.66. The third kappa shape index (κ3) is 4.07. The van der Waals surface area contributed by atoms with Crippen LogP contribution in [0.4, 0.5) is 23.1 Å². The molecule has 0 aliphatic rings. The second-order valence-corrected chi connectivity index (χ2v) is 5.60. The zero-order valence-electron chi connectivity index (χ0n) is 14.4. The van der Waals surface area contributed by atoms with Gasteiger partial charge in [-0.25, -0.2) is 9.78 Å². The molecule has 1 aromatic heterocycles. The van der Waals surface area contributed by atoms with Crippen molar-refractivity contribution in [3.05, 3.63) is 65.9 Å². The van der Waals surface area contributed by atoms with Crippen molar-refractivity contribution in [3.8, 4) is 5.75 Å². The number of hydrogen-bond donors (Lipinski definition) is 3. The number of benzene rings is 2. The van der Waals surface area contributed by atoms with Gasteiger partial charge in [-0.2, -0.15) is 4.98 Å². The van der Waals surface area contributed by atoms with Crippen molar-refractivity contribution >= 4 is 29.1 Å². The average molecular weight is 350 g/mol. The van der Waals surface area contributed by atoms with Crippen LogP contribution < -0.4 is 15.4 Å². The highest BCUT2D eigenvalue weighted by atomic mass is 16.5. The second-order valence-electron chi connectivity index (χ2n) is 5.60. The first-order valence-corrected chi connectivity index (χ1v) is 7.90. The highest BCUT2D eigenvalue weighted by Crippen LogP contribution is 2.27. The van der Waals surface area contributed by atoms with Crippen molar-refractivity contribution in [3.63, 3.8) is 0 Å². The molecule has 3 aromatic rings. The van der Waals surface area contributed by atoms with Gasteiger partial charge in [0.05, 0.1) is 18.4 Å². The summed E-state index contributed by atoms with van der Waals surface area (Å²) in [6.45, 7) is 1.99. The molecule has 7 heteroatoms. The van der Waals surface area contributed by atoms with E-state index in [0.717, 1.165) is 16.9 Å². The van der Waals surface area contributed by atoms with Crippen LogP contribution in [0.25, 0.3) is 0 Å². The highest BCUT2D eigenvalue weighted by Gasteiger charge is 2.07. The third-order valence-electron chi connectivity index (χ3n) is 3.66. The monoisotopic (exact) mass is 350 g/mol. The maximum absolute atomic E-state index is 10.9. The van der Waals surface area contributed by atoms with Crippen LogP contribution in [0.5, 0.6) is 5.75 Å². The van der Waals surface area contributed by atoms with E-state index < -0.39 is 5.97 Å². The Morgan fingerprint density at radius 1 is 1.08 bits per heavy atom. The molecular formula is C19H18N4O3. The van der Waals surface area contributed by atoms with Crippen LogP contribution in [0, 0.1) is 6.92 Å². The molecule has 3 N–H and O–H groups in total. The molecule has 7 nitrogen and oxygen atoms in total. The Kier molecular flexibility index (Phi) is 4.98. The molecule has 0 saturated heterocycles. The van der Waals surface area contributed by atoms with Crippen LogP contribution in [0.2, 0.25) is 0 Å². The number of aryl methyl sites for hydroxylation is 1. The Morgan fingerprint density at radius 2 is 1.85 bits per heavy atom. The van der Waals surface area contributed by atoms with Gasteiger partial charge >= 0.3 is 5.97 Å². The Labute approximate surface area is 150 Å². The topological polar surface area (TPSA) is 96.4 Å². The summed E-state index contributed by atoms with van der Waals surface area (Å²) in [7, 11) is 1.61. The quantitative estimate of drug-likeness (QED) is 0.619. The van der Waals surface area contributed by atoms with Crippen LogP contribution in [-0.4, -0.2) is 28.2 Å². The largest absolute Gasteiger partial charge is 0.495 e. The average Bonchev–Trinajstić information content (AvgIpc) is 2.63. The molecule has 0 aliphatic carbocycles. The molecule has 0 radical (unpaired) electrons. The summed E-state index contributed by atoms with van der Waals surface area (Å²) in [6, 6.07) is 13.9. The number of rotatable bonds is 6. The van der Waals surface area contributed by atoms with Gasteiger partial charge in [0, 0.05) is 11.9 Å². The van der Waals surface area contributed by atoms with Crippen molar-refractivity contribution in [2.75, 3.05) is 17.7 Å². The lowest BCUT2D eigenvalue weighted by atomic mass is 10.2. The maximum atomic E-state index is 10.9. The molecule has 132 valence electrons. The molecule has 0 saturated carbocycles. The Hall–Kier alpha value is -3.61. The van der Waals surface area contributed by atoms with E-state index in [2.05, 4.69) is 20.6 Å². The van der Waals surface area contributed by atoms with Gasteiger partial charge in [-0.1, -0.05) is 6.07 Å². The van der Waals surface area contributed by atoms with Gasteiger partial charge in [0.25, 0.3) is 0 Å². The molecule has 0 unspecified atom stereocenters. The molecule has 3 rings (SSSR count). The number of aromatic carboxylic acids is 1. The molecule has 0 amide bonds. The van der Waals surface area contributed by atoms with Gasteiger partial charge in [-0.05, 0) is 55.0 Å². The van der Waals surface area contributed by atoms with Crippen LogP contribution in [-0.2, 0) is 0 Å². The van der Waals surface area contributed by atoms with Gasteiger partial charge < -0.3 is 20.5 Å². The second kappa shape index (κ2) is 7.52. The molecular weight excluding hydrogens is 332 g/mol. The number of carboxylic acid groups (broad SMARTS) is 1. The Morgan fingerprint density at radius 3 is 2.54 bits per heavy atom. The van der Waals surface area contributed by atoms with E-state index in [9.17, 15) is 4.79 Å². The zero-order valence-corrected chi connectivity index (χ0v) is 14.4. The number of hydrogen-bond acceptors (Lipinski definition) is 6. The SMILES string of the molecule is COc1ccc(C)cc1Nc1nccc(Nc2ccc(C(=O)O)cc2)n1. The summed E-state index contributed by atoms with van der Waals surface area (Å²) < 4.78 is 5.35. The normalized spacial score (nSPS) is 10.2. The van der Waals surface area contributed by atoms with Gasteiger partial charge in [0.1, 0.15) is 11.6 Å². The fourth-order valence-corrected chi connectivity index (χ4v) is 2.37. The molecule has 0 aliphatic heterocycles. The number of nitrogens with one attached hydrogen (secondary N) is 2. The van der Waals surface area contributed by atoms with E-state index in [1.54, 1.807) is 31.5 Å². The lowest BCUT2D eigenvalue weighted by Gasteiger charge is -2.12. The first-order chi connectivity index (χ1) is 12.5. The minimum Gasteiger partial charge on any atom is -0.495 e. The van der Waals surface area contributed by atoms with E-state index in [0.29, 0.717) is 17.5 Å². The van der Waals surface area contributed by atoms with E-state index >= 15 is 0 Å². The van der Waals surface area contributed by atoms with Gasteiger partial charge in [0.2, 0.25) is 5.95 Å². The number of carbonyl (C=O) groups is 1. The summed E-state index contributed by atoms with van der Waals surface area (Å²) in [5.74, 6) is 0.734. The lowest BCUT2D eigenvalue weighted by Crippen LogP contribution is -2.02. The van der Waals surface area contributed by atoms with Crippen molar-refractivity contribution in [1.29, 1.82) is 0 Å². The zero-order chi connectivity index (χ0) is 18.5. The van der Waals surface area contributed by atoms with Crippen molar-refractivity contribution in [2.45, 2.75) is 6.92 Å². The number of carboxylic acids is 1. The molecule has 0 fully saturated rings. The predicted octanol–water partition coefficient (Wildman–Crippen LogP) is 3.98. The molecule has 0 bridgehead atoms. The van der Waals surface area contributed by atoms with Crippen molar-refractivity contribution in [1.82, 2.24) is 9.97 Å². The summed E-state index contributed by atoms with van der Waals surface area (Å²) in [5, 5.41) is 15.2. The van der Waals surface area contributed by atoms with Gasteiger partial charge in [-0.3, -0.25) is 0 Å². The Bertz CT molecular complexity index is 926. The minimum absolute atomic E-state index is 0.229. The molecule has 0 spiro atoms. The maximum Gasteiger partial charge on any atom is 0.335 e. The van der Waals surface area contributed by atoms with Gasteiger partial charge in [-0.15, -0.1) is 0 Å².